The molecule has 0 aliphatic carbocycles. The third-order valence-corrected chi connectivity index (χ3v) is 3.11. The van der Waals surface area contributed by atoms with Gasteiger partial charge in [-0.3, -0.25) is 0 Å². The van der Waals surface area contributed by atoms with Crippen LogP contribution in [0.3, 0.4) is 0 Å². The summed E-state index contributed by atoms with van der Waals surface area (Å²) in [5.74, 6) is 2.53. The van der Waals surface area contributed by atoms with Crippen molar-refractivity contribution in [1.82, 2.24) is 9.97 Å². The SMILES string of the molecule is CC(C)CCN(C)c1cc(N(C)CCCO)ncn1. The molecule has 0 aromatic carbocycles. The first kappa shape index (κ1) is 15.7. The quantitative estimate of drug-likeness (QED) is 0.777. The zero-order valence-electron chi connectivity index (χ0n) is 12.5. The highest BCUT2D eigenvalue weighted by molar-refractivity contribution is 5.49. The number of aliphatic hydroxyl groups excluding tert-OH is 1. The van der Waals surface area contributed by atoms with Gasteiger partial charge in [-0.05, 0) is 18.8 Å². The largest absolute Gasteiger partial charge is 0.396 e. The van der Waals surface area contributed by atoms with Gasteiger partial charge in [-0.1, -0.05) is 13.8 Å². The van der Waals surface area contributed by atoms with Gasteiger partial charge in [0, 0.05) is 39.9 Å². The Labute approximate surface area is 116 Å². The smallest absolute Gasteiger partial charge is 0.133 e. The molecule has 108 valence electrons. The van der Waals surface area contributed by atoms with Crippen LogP contribution in [0.5, 0.6) is 0 Å². The number of anilines is 2. The monoisotopic (exact) mass is 266 g/mol. The molecule has 19 heavy (non-hydrogen) atoms. The van der Waals surface area contributed by atoms with E-state index in [1.165, 1.54) is 0 Å². The maximum atomic E-state index is 8.86. The predicted octanol–water partition coefficient (Wildman–Crippen LogP) is 1.78. The summed E-state index contributed by atoms with van der Waals surface area (Å²) in [5.41, 5.74) is 0. The predicted molar refractivity (Wildman–Crippen MR) is 79.7 cm³/mol. The van der Waals surface area contributed by atoms with E-state index in [0.717, 1.165) is 37.6 Å². The van der Waals surface area contributed by atoms with Crippen LogP contribution in [-0.4, -0.2) is 48.9 Å². The molecule has 0 aliphatic rings. The second-order valence-corrected chi connectivity index (χ2v) is 5.34. The highest BCUT2D eigenvalue weighted by Gasteiger charge is 2.08. The van der Waals surface area contributed by atoms with Crippen molar-refractivity contribution in [3.8, 4) is 0 Å². The second-order valence-electron chi connectivity index (χ2n) is 5.34. The molecular formula is C14H26N4O. The Morgan fingerprint density at radius 3 is 2.21 bits per heavy atom. The van der Waals surface area contributed by atoms with E-state index in [4.69, 9.17) is 5.11 Å². The van der Waals surface area contributed by atoms with Crippen LogP contribution in [0.1, 0.15) is 26.7 Å². The fourth-order valence-electron chi connectivity index (χ4n) is 1.74. The summed E-state index contributed by atoms with van der Waals surface area (Å²) in [4.78, 5) is 12.8. The van der Waals surface area contributed by atoms with Gasteiger partial charge in [0.05, 0.1) is 0 Å². The number of aromatic nitrogens is 2. The molecule has 0 saturated carbocycles. The topological polar surface area (TPSA) is 52.5 Å². The summed E-state index contributed by atoms with van der Waals surface area (Å²) < 4.78 is 0. The van der Waals surface area contributed by atoms with Crippen LogP contribution >= 0.6 is 0 Å². The Bertz CT molecular complexity index is 370. The summed E-state index contributed by atoms with van der Waals surface area (Å²) in [7, 11) is 4.04. The molecule has 0 amide bonds. The van der Waals surface area contributed by atoms with Crippen molar-refractivity contribution in [2.75, 3.05) is 43.6 Å². The van der Waals surface area contributed by atoms with E-state index in [1.54, 1.807) is 6.33 Å². The Hall–Kier alpha value is -1.36. The third kappa shape index (κ3) is 5.42. The van der Waals surface area contributed by atoms with Gasteiger partial charge in [0.25, 0.3) is 0 Å². The number of aliphatic hydroxyl groups is 1. The van der Waals surface area contributed by atoms with Gasteiger partial charge in [0.15, 0.2) is 0 Å². The van der Waals surface area contributed by atoms with Gasteiger partial charge in [0.1, 0.15) is 18.0 Å². The number of rotatable bonds is 8. The van der Waals surface area contributed by atoms with Gasteiger partial charge >= 0.3 is 0 Å². The van der Waals surface area contributed by atoms with Crippen molar-refractivity contribution in [1.29, 1.82) is 0 Å². The third-order valence-electron chi connectivity index (χ3n) is 3.11. The lowest BCUT2D eigenvalue weighted by Gasteiger charge is -2.22. The molecule has 0 atom stereocenters. The normalized spacial score (nSPS) is 10.8. The van der Waals surface area contributed by atoms with Gasteiger partial charge in [-0.25, -0.2) is 9.97 Å². The molecule has 0 radical (unpaired) electrons. The van der Waals surface area contributed by atoms with Crippen molar-refractivity contribution >= 4 is 11.6 Å². The maximum absolute atomic E-state index is 8.86. The molecular weight excluding hydrogens is 240 g/mol. The maximum Gasteiger partial charge on any atom is 0.133 e. The van der Waals surface area contributed by atoms with Crippen LogP contribution in [0.4, 0.5) is 11.6 Å². The molecule has 0 bridgehead atoms. The van der Waals surface area contributed by atoms with Crippen molar-refractivity contribution in [3.05, 3.63) is 12.4 Å². The van der Waals surface area contributed by atoms with E-state index in [9.17, 15) is 0 Å². The molecule has 0 fully saturated rings. The highest BCUT2D eigenvalue weighted by Crippen LogP contribution is 2.16. The van der Waals surface area contributed by atoms with Crippen molar-refractivity contribution < 1.29 is 5.11 Å². The first-order valence-corrected chi connectivity index (χ1v) is 6.89. The van der Waals surface area contributed by atoms with Gasteiger partial charge in [0.2, 0.25) is 0 Å². The lowest BCUT2D eigenvalue weighted by atomic mass is 10.1. The van der Waals surface area contributed by atoms with Gasteiger partial charge in [-0.15, -0.1) is 0 Å². The van der Waals surface area contributed by atoms with E-state index in [0.29, 0.717) is 5.92 Å². The van der Waals surface area contributed by atoms with Crippen LogP contribution in [-0.2, 0) is 0 Å². The number of nitrogens with zero attached hydrogens (tertiary/aromatic N) is 4. The molecule has 1 heterocycles. The summed E-state index contributed by atoms with van der Waals surface area (Å²) in [6, 6.07) is 2.00. The van der Waals surface area contributed by atoms with E-state index in [2.05, 4.69) is 35.8 Å². The van der Waals surface area contributed by atoms with Crippen molar-refractivity contribution in [3.63, 3.8) is 0 Å². The Kier molecular flexibility index (Phi) is 6.56. The van der Waals surface area contributed by atoms with Crippen LogP contribution in [0.25, 0.3) is 0 Å². The zero-order chi connectivity index (χ0) is 14.3. The van der Waals surface area contributed by atoms with E-state index in [-0.39, 0.29) is 6.61 Å². The highest BCUT2D eigenvalue weighted by atomic mass is 16.3. The van der Waals surface area contributed by atoms with Crippen molar-refractivity contribution in [2.24, 2.45) is 5.92 Å². The van der Waals surface area contributed by atoms with Gasteiger partial charge in [-0.2, -0.15) is 0 Å². The van der Waals surface area contributed by atoms with E-state index < -0.39 is 0 Å². The molecule has 1 N–H and O–H groups in total. The van der Waals surface area contributed by atoms with Crippen molar-refractivity contribution in [2.45, 2.75) is 26.7 Å². The Morgan fingerprint density at radius 2 is 1.68 bits per heavy atom. The van der Waals surface area contributed by atoms with Crippen LogP contribution in [0, 0.1) is 5.92 Å². The molecule has 1 rings (SSSR count). The molecule has 5 heteroatoms. The fraction of sp³-hybridized carbons (Fsp3) is 0.714. The second kappa shape index (κ2) is 7.94. The molecule has 0 unspecified atom stereocenters. The van der Waals surface area contributed by atoms with Crippen LogP contribution in [0.15, 0.2) is 12.4 Å². The lowest BCUT2D eigenvalue weighted by molar-refractivity contribution is 0.290. The molecule has 1 aromatic rings. The molecule has 0 aliphatic heterocycles. The molecule has 5 nitrogen and oxygen atoms in total. The van der Waals surface area contributed by atoms with Gasteiger partial charge < -0.3 is 14.9 Å². The zero-order valence-corrected chi connectivity index (χ0v) is 12.5. The summed E-state index contributed by atoms with van der Waals surface area (Å²) in [6.45, 7) is 6.44. The summed E-state index contributed by atoms with van der Waals surface area (Å²) in [5, 5.41) is 8.86. The number of hydrogen-bond acceptors (Lipinski definition) is 5. The minimum Gasteiger partial charge on any atom is -0.396 e. The fourth-order valence-corrected chi connectivity index (χ4v) is 1.74. The standard InChI is InChI=1S/C14H26N4O/c1-12(2)6-8-18(4)14-10-13(15-11-16-14)17(3)7-5-9-19/h10-12,19H,5-9H2,1-4H3. The van der Waals surface area contributed by atoms with Crippen LogP contribution in [0.2, 0.25) is 0 Å². The lowest BCUT2D eigenvalue weighted by Crippen LogP contribution is -2.24. The Morgan fingerprint density at radius 1 is 1.11 bits per heavy atom. The number of hydrogen-bond donors (Lipinski definition) is 1. The van der Waals surface area contributed by atoms with E-state index in [1.807, 2.05) is 18.0 Å². The molecule has 0 spiro atoms. The summed E-state index contributed by atoms with van der Waals surface area (Å²) >= 11 is 0. The Balaban J connectivity index is 2.65. The molecule has 1 aromatic heterocycles. The van der Waals surface area contributed by atoms with E-state index >= 15 is 0 Å². The average Bonchev–Trinajstić information content (AvgIpc) is 2.42. The molecule has 0 saturated heterocycles. The average molecular weight is 266 g/mol. The summed E-state index contributed by atoms with van der Waals surface area (Å²) in [6.07, 6.45) is 3.50. The minimum atomic E-state index is 0.205. The minimum absolute atomic E-state index is 0.205. The first-order valence-electron chi connectivity index (χ1n) is 6.89. The first-order chi connectivity index (χ1) is 9.04. The van der Waals surface area contributed by atoms with Crippen LogP contribution < -0.4 is 9.80 Å².